The summed E-state index contributed by atoms with van der Waals surface area (Å²) in [5.41, 5.74) is 7.38. The molecule has 1 atom stereocenters. The number of H-pyrrole nitrogens is 1. The summed E-state index contributed by atoms with van der Waals surface area (Å²) in [5.74, 6) is 1.41. The predicted octanol–water partition coefficient (Wildman–Crippen LogP) is 0.851. The first-order valence-electron chi connectivity index (χ1n) is 7.08. The highest BCUT2D eigenvalue weighted by Crippen LogP contribution is 2.26. The Hall–Kier alpha value is -3.13. The lowest BCUT2D eigenvalue weighted by molar-refractivity contribution is 0.537. The van der Waals surface area contributed by atoms with Gasteiger partial charge in [-0.1, -0.05) is 30.3 Å². The fourth-order valence-corrected chi connectivity index (χ4v) is 2.55. The van der Waals surface area contributed by atoms with Crippen molar-refractivity contribution in [1.82, 2.24) is 19.9 Å². The van der Waals surface area contributed by atoms with Crippen molar-refractivity contribution < 1.29 is 4.42 Å². The van der Waals surface area contributed by atoms with E-state index in [1.54, 1.807) is 4.57 Å². The third-order valence-electron chi connectivity index (χ3n) is 3.65. The molecule has 0 saturated carbocycles. The van der Waals surface area contributed by atoms with Crippen molar-refractivity contribution in [3.8, 4) is 0 Å². The zero-order valence-corrected chi connectivity index (χ0v) is 12.1. The van der Waals surface area contributed by atoms with E-state index in [1.165, 1.54) is 12.6 Å². The number of hydrogen-bond donors (Lipinski definition) is 3. The first-order valence-corrected chi connectivity index (χ1v) is 7.08. The van der Waals surface area contributed by atoms with Gasteiger partial charge in [-0.2, -0.15) is 0 Å². The van der Waals surface area contributed by atoms with Crippen molar-refractivity contribution in [2.24, 2.45) is 10.7 Å². The summed E-state index contributed by atoms with van der Waals surface area (Å²) in [6.07, 6.45) is 2.28. The van der Waals surface area contributed by atoms with Gasteiger partial charge in [0, 0.05) is 0 Å². The average molecular weight is 310 g/mol. The minimum Gasteiger partial charge on any atom is -0.440 e. The van der Waals surface area contributed by atoms with Gasteiger partial charge in [0.15, 0.2) is 23.8 Å². The summed E-state index contributed by atoms with van der Waals surface area (Å²) < 4.78 is 6.80. The fraction of sp³-hybridized carbons (Fsp3) is 0.133. The summed E-state index contributed by atoms with van der Waals surface area (Å²) in [6.45, 7) is 0.408. The number of fused-ring (bicyclic) bond motifs is 1. The van der Waals surface area contributed by atoms with Gasteiger partial charge in [-0.15, -0.1) is 0 Å². The van der Waals surface area contributed by atoms with Crippen LogP contribution < -0.4 is 16.7 Å². The van der Waals surface area contributed by atoms with Crippen LogP contribution in [0.15, 0.2) is 57.1 Å². The van der Waals surface area contributed by atoms with E-state index in [0.717, 1.165) is 5.56 Å². The van der Waals surface area contributed by atoms with Gasteiger partial charge in [0.2, 0.25) is 0 Å². The second kappa shape index (κ2) is 5.25. The molecule has 0 saturated heterocycles. The summed E-state index contributed by atoms with van der Waals surface area (Å²) in [4.78, 5) is 23.4. The second-order valence-corrected chi connectivity index (χ2v) is 5.19. The molecule has 116 valence electrons. The number of oxazole rings is 1. The van der Waals surface area contributed by atoms with Crippen molar-refractivity contribution in [2.75, 3.05) is 0 Å². The average Bonchev–Trinajstić information content (AvgIpc) is 3.19. The van der Waals surface area contributed by atoms with E-state index in [-0.39, 0.29) is 5.69 Å². The van der Waals surface area contributed by atoms with E-state index < -0.39 is 6.17 Å². The lowest BCUT2D eigenvalue weighted by Crippen LogP contribution is -2.37. The van der Waals surface area contributed by atoms with Crippen LogP contribution in [-0.4, -0.2) is 20.4 Å². The van der Waals surface area contributed by atoms with Crippen LogP contribution in [0.4, 0.5) is 5.82 Å². The number of aromatic nitrogens is 3. The fourth-order valence-electron chi connectivity index (χ4n) is 2.55. The van der Waals surface area contributed by atoms with Crippen molar-refractivity contribution in [3.63, 3.8) is 0 Å². The summed E-state index contributed by atoms with van der Waals surface area (Å²) in [6, 6.07) is 9.69. The maximum atomic E-state index is 12.3. The number of benzene rings is 1. The van der Waals surface area contributed by atoms with Gasteiger partial charge in [0.05, 0.1) is 12.7 Å². The van der Waals surface area contributed by atoms with Crippen LogP contribution in [0.5, 0.6) is 0 Å². The number of nitrogens with one attached hydrogen (secondary N) is 2. The highest BCUT2D eigenvalue weighted by Gasteiger charge is 2.26. The molecule has 0 spiro atoms. The SMILES string of the molecule is NC1NC(c2cnco2)=Nc2c1[nH]c(=O)n2Cc1ccccc1. The van der Waals surface area contributed by atoms with E-state index in [2.05, 4.69) is 20.3 Å². The molecule has 4 N–H and O–H groups in total. The highest BCUT2D eigenvalue weighted by atomic mass is 16.3. The third kappa shape index (κ3) is 2.34. The summed E-state index contributed by atoms with van der Waals surface area (Å²) in [7, 11) is 0. The summed E-state index contributed by atoms with van der Waals surface area (Å²) >= 11 is 0. The number of aromatic amines is 1. The van der Waals surface area contributed by atoms with Gasteiger partial charge in [0.25, 0.3) is 0 Å². The van der Waals surface area contributed by atoms with Gasteiger partial charge in [0.1, 0.15) is 11.9 Å². The van der Waals surface area contributed by atoms with Crippen LogP contribution in [0, 0.1) is 0 Å². The maximum absolute atomic E-state index is 12.3. The van der Waals surface area contributed by atoms with Gasteiger partial charge in [-0.3, -0.25) is 4.57 Å². The molecule has 1 aliphatic heterocycles. The van der Waals surface area contributed by atoms with Crippen molar-refractivity contribution in [1.29, 1.82) is 0 Å². The molecule has 0 radical (unpaired) electrons. The minimum atomic E-state index is -0.577. The van der Waals surface area contributed by atoms with E-state index in [1.807, 2.05) is 30.3 Å². The molecule has 8 nitrogen and oxygen atoms in total. The number of nitrogens with two attached hydrogens (primary N) is 1. The van der Waals surface area contributed by atoms with E-state index in [4.69, 9.17) is 10.2 Å². The lowest BCUT2D eigenvalue weighted by atomic mass is 10.2. The molecule has 3 aromatic rings. The maximum Gasteiger partial charge on any atom is 0.327 e. The molecule has 0 fully saturated rings. The van der Waals surface area contributed by atoms with Crippen LogP contribution in [-0.2, 0) is 6.54 Å². The Balaban J connectivity index is 1.80. The third-order valence-corrected chi connectivity index (χ3v) is 3.65. The lowest BCUT2D eigenvalue weighted by Gasteiger charge is -2.20. The molecule has 0 amide bonds. The Morgan fingerprint density at radius 3 is 2.87 bits per heavy atom. The van der Waals surface area contributed by atoms with Crippen LogP contribution in [0.1, 0.15) is 23.2 Å². The molecule has 1 unspecified atom stereocenters. The van der Waals surface area contributed by atoms with Crippen LogP contribution in [0.2, 0.25) is 0 Å². The monoisotopic (exact) mass is 310 g/mol. The first-order chi connectivity index (χ1) is 11.2. The minimum absolute atomic E-state index is 0.251. The first kappa shape index (κ1) is 13.5. The Bertz CT molecular complexity index is 907. The van der Waals surface area contributed by atoms with Crippen molar-refractivity contribution >= 4 is 11.7 Å². The molecule has 0 bridgehead atoms. The molecule has 1 aliphatic rings. The highest BCUT2D eigenvalue weighted by molar-refractivity contribution is 5.98. The van der Waals surface area contributed by atoms with Gasteiger partial charge in [-0.05, 0) is 5.56 Å². The molecule has 2 aromatic heterocycles. The Morgan fingerprint density at radius 1 is 1.30 bits per heavy atom. The van der Waals surface area contributed by atoms with Crippen LogP contribution >= 0.6 is 0 Å². The molecule has 1 aromatic carbocycles. The van der Waals surface area contributed by atoms with Gasteiger partial charge in [-0.25, -0.2) is 14.8 Å². The van der Waals surface area contributed by atoms with E-state index in [0.29, 0.717) is 29.7 Å². The predicted molar refractivity (Wildman–Crippen MR) is 83.4 cm³/mol. The molecule has 4 rings (SSSR count). The quantitative estimate of drug-likeness (QED) is 0.663. The standard InChI is InChI=1S/C15H14N6O2/c16-12-11-14(20-13(19-12)10-6-17-8-23-10)21(15(22)18-11)7-9-4-2-1-3-5-9/h1-6,8,12H,7,16H2,(H,18,22)(H,19,20). The number of rotatable bonds is 3. The largest absolute Gasteiger partial charge is 0.440 e. The normalized spacial score (nSPS) is 16.6. The number of imidazole rings is 1. The summed E-state index contributed by atoms with van der Waals surface area (Å²) in [5, 5.41) is 2.99. The molecular formula is C15H14N6O2. The zero-order chi connectivity index (χ0) is 15.8. The van der Waals surface area contributed by atoms with Gasteiger partial charge >= 0.3 is 5.69 Å². The Kier molecular flexibility index (Phi) is 3.09. The molecule has 3 heterocycles. The van der Waals surface area contributed by atoms with Crippen molar-refractivity contribution in [2.45, 2.75) is 12.7 Å². The zero-order valence-electron chi connectivity index (χ0n) is 12.1. The second-order valence-electron chi connectivity index (χ2n) is 5.19. The van der Waals surface area contributed by atoms with E-state index >= 15 is 0 Å². The van der Waals surface area contributed by atoms with Gasteiger partial charge < -0.3 is 20.5 Å². The number of hydrogen-bond acceptors (Lipinski definition) is 6. The number of nitrogens with zero attached hydrogens (tertiary/aromatic N) is 3. The van der Waals surface area contributed by atoms with E-state index in [9.17, 15) is 4.79 Å². The molecular weight excluding hydrogens is 296 g/mol. The number of amidine groups is 1. The Morgan fingerprint density at radius 2 is 2.13 bits per heavy atom. The molecule has 23 heavy (non-hydrogen) atoms. The molecule has 8 heteroatoms. The number of aliphatic imine (C=N–C) groups is 1. The van der Waals surface area contributed by atoms with Crippen molar-refractivity contribution in [3.05, 3.63) is 70.4 Å². The van der Waals surface area contributed by atoms with Crippen LogP contribution in [0.3, 0.4) is 0 Å². The topological polar surface area (TPSA) is 114 Å². The molecule has 0 aliphatic carbocycles. The van der Waals surface area contributed by atoms with Crippen LogP contribution in [0.25, 0.3) is 0 Å². The smallest absolute Gasteiger partial charge is 0.327 e. The Labute approximate surface area is 130 Å².